The Morgan fingerprint density at radius 2 is 2.28 bits per heavy atom. The number of carbonyl (C=O) groups excluding carboxylic acids is 1. The smallest absolute Gasteiger partial charge is 0.253 e. The summed E-state index contributed by atoms with van der Waals surface area (Å²) < 4.78 is 11.1. The quantitative estimate of drug-likeness (QED) is 0.786. The molecule has 0 aromatic carbocycles. The second-order valence-corrected chi connectivity index (χ2v) is 5.45. The van der Waals surface area contributed by atoms with E-state index in [-0.39, 0.29) is 18.1 Å². The molecule has 0 spiro atoms. The number of carbonyl (C=O) groups is 1. The molecule has 18 heavy (non-hydrogen) atoms. The molecular formula is C13H24N2O3. The lowest BCUT2D eigenvalue weighted by molar-refractivity contribution is -0.154. The van der Waals surface area contributed by atoms with Gasteiger partial charge in [0.2, 0.25) is 0 Å². The van der Waals surface area contributed by atoms with Crippen LogP contribution in [0.4, 0.5) is 0 Å². The van der Waals surface area contributed by atoms with E-state index < -0.39 is 0 Å². The van der Waals surface area contributed by atoms with Crippen LogP contribution in [0, 0.1) is 5.92 Å². The van der Waals surface area contributed by atoms with Gasteiger partial charge in [0.15, 0.2) is 0 Å². The van der Waals surface area contributed by atoms with E-state index in [2.05, 4.69) is 19.2 Å². The van der Waals surface area contributed by atoms with Crippen molar-refractivity contribution in [3.05, 3.63) is 0 Å². The van der Waals surface area contributed by atoms with Crippen molar-refractivity contribution < 1.29 is 14.3 Å². The summed E-state index contributed by atoms with van der Waals surface area (Å²) in [5.41, 5.74) is 0. The minimum Gasteiger partial charge on any atom is -0.377 e. The molecule has 0 bridgehead atoms. The van der Waals surface area contributed by atoms with Crippen LogP contribution in [-0.2, 0) is 14.3 Å². The van der Waals surface area contributed by atoms with E-state index in [1.165, 1.54) is 0 Å². The zero-order valence-corrected chi connectivity index (χ0v) is 11.4. The summed E-state index contributed by atoms with van der Waals surface area (Å²) in [6, 6.07) is 0.205. The molecule has 0 saturated carbocycles. The van der Waals surface area contributed by atoms with Crippen molar-refractivity contribution in [2.45, 2.75) is 32.4 Å². The van der Waals surface area contributed by atoms with Crippen LogP contribution < -0.4 is 5.32 Å². The highest BCUT2D eigenvalue weighted by Gasteiger charge is 2.33. The van der Waals surface area contributed by atoms with Crippen molar-refractivity contribution in [2.24, 2.45) is 5.92 Å². The number of ether oxygens (including phenoxy) is 2. The highest BCUT2D eigenvalue weighted by molar-refractivity contribution is 5.81. The maximum atomic E-state index is 12.5. The fraction of sp³-hybridized carbons (Fsp3) is 0.923. The van der Waals surface area contributed by atoms with Crippen LogP contribution in [-0.4, -0.2) is 62.4 Å². The van der Waals surface area contributed by atoms with E-state index in [0.29, 0.717) is 38.8 Å². The average Bonchev–Trinajstić information content (AvgIpc) is 2.39. The van der Waals surface area contributed by atoms with Crippen LogP contribution in [0.5, 0.6) is 0 Å². The fourth-order valence-corrected chi connectivity index (χ4v) is 2.59. The number of hydrogen-bond donors (Lipinski definition) is 1. The Hall–Kier alpha value is -0.650. The summed E-state index contributed by atoms with van der Waals surface area (Å²) >= 11 is 0. The lowest BCUT2D eigenvalue weighted by Gasteiger charge is -2.39. The Morgan fingerprint density at radius 3 is 2.94 bits per heavy atom. The number of rotatable bonds is 3. The minimum atomic E-state index is -0.313. The number of morpholine rings is 2. The van der Waals surface area contributed by atoms with E-state index in [0.717, 1.165) is 13.0 Å². The Labute approximate surface area is 109 Å². The number of hydrogen-bond acceptors (Lipinski definition) is 4. The van der Waals surface area contributed by atoms with E-state index in [1.54, 1.807) is 0 Å². The predicted octanol–water partition coefficient (Wildman–Crippen LogP) is 0.248. The minimum absolute atomic E-state index is 0.121. The maximum Gasteiger partial charge on any atom is 0.253 e. The second-order valence-electron chi connectivity index (χ2n) is 5.45. The van der Waals surface area contributed by atoms with Crippen molar-refractivity contribution in [1.82, 2.24) is 10.2 Å². The number of nitrogens with zero attached hydrogens (tertiary/aromatic N) is 1. The van der Waals surface area contributed by atoms with Gasteiger partial charge in [-0.25, -0.2) is 0 Å². The second kappa shape index (κ2) is 6.50. The zero-order chi connectivity index (χ0) is 13.0. The van der Waals surface area contributed by atoms with Crippen LogP contribution in [0.1, 0.15) is 20.3 Å². The number of nitrogens with one attached hydrogen (secondary N) is 1. The largest absolute Gasteiger partial charge is 0.377 e. The van der Waals surface area contributed by atoms with Gasteiger partial charge in [-0.3, -0.25) is 4.79 Å². The Bertz CT molecular complexity index is 277. The molecule has 5 heteroatoms. The summed E-state index contributed by atoms with van der Waals surface area (Å²) in [4.78, 5) is 14.4. The van der Waals surface area contributed by atoms with Gasteiger partial charge < -0.3 is 19.7 Å². The van der Waals surface area contributed by atoms with Crippen molar-refractivity contribution >= 4 is 5.91 Å². The third-order valence-corrected chi connectivity index (χ3v) is 3.46. The first kappa shape index (κ1) is 13.8. The number of amides is 1. The topological polar surface area (TPSA) is 50.8 Å². The van der Waals surface area contributed by atoms with Gasteiger partial charge in [-0.1, -0.05) is 13.8 Å². The summed E-state index contributed by atoms with van der Waals surface area (Å²) in [5.74, 6) is 0.688. The Kier molecular flexibility index (Phi) is 4.97. The summed E-state index contributed by atoms with van der Waals surface area (Å²) in [6.07, 6.45) is 0.679. The molecule has 104 valence electrons. The molecule has 2 atom stereocenters. The molecule has 2 aliphatic rings. The Balaban J connectivity index is 1.96. The molecular weight excluding hydrogens is 232 g/mol. The third kappa shape index (κ3) is 3.43. The van der Waals surface area contributed by atoms with Crippen molar-refractivity contribution in [3.8, 4) is 0 Å². The molecule has 1 amide bonds. The highest BCUT2D eigenvalue weighted by atomic mass is 16.5. The molecule has 1 N–H and O–H groups in total. The maximum absolute atomic E-state index is 12.5. The predicted molar refractivity (Wildman–Crippen MR) is 68.4 cm³/mol. The summed E-state index contributed by atoms with van der Waals surface area (Å²) in [6.45, 7) is 8.43. The molecule has 2 saturated heterocycles. The van der Waals surface area contributed by atoms with Gasteiger partial charge in [-0.15, -0.1) is 0 Å². The van der Waals surface area contributed by atoms with Crippen LogP contribution in [0.15, 0.2) is 0 Å². The molecule has 2 rings (SSSR count). The van der Waals surface area contributed by atoms with Crippen molar-refractivity contribution in [3.63, 3.8) is 0 Å². The molecule has 5 nitrogen and oxygen atoms in total. The molecule has 0 aromatic heterocycles. The SMILES string of the molecule is CC(C)CC1COCCN1C(=O)C1CNCCO1. The van der Waals surface area contributed by atoms with Gasteiger partial charge in [0.1, 0.15) is 6.10 Å². The lowest BCUT2D eigenvalue weighted by atomic mass is 10.0. The molecule has 2 unspecified atom stereocenters. The lowest BCUT2D eigenvalue weighted by Crippen LogP contribution is -2.56. The standard InChI is InChI=1S/C13H24N2O3/c1-10(2)7-11-9-17-6-4-15(11)13(16)12-8-14-3-5-18-12/h10-12,14H,3-9H2,1-2H3. The first-order chi connectivity index (χ1) is 8.68. The van der Waals surface area contributed by atoms with Crippen LogP contribution in [0.2, 0.25) is 0 Å². The first-order valence-corrected chi connectivity index (χ1v) is 6.89. The van der Waals surface area contributed by atoms with E-state index in [9.17, 15) is 4.79 Å². The van der Waals surface area contributed by atoms with Crippen molar-refractivity contribution in [1.29, 1.82) is 0 Å². The Morgan fingerprint density at radius 1 is 1.44 bits per heavy atom. The van der Waals surface area contributed by atoms with Crippen LogP contribution in [0.3, 0.4) is 0 Å². The monoisotopic (exact) mass is 256 g/mol. The summed E-state index contributed by atoms with van der Waals surface area (Å²) in [7, 11) is 0. The molecule has 2 fully saturated rings. The van der Waals surface area contributed by atoms with Crippen molar-refractivity contribution in [2.75, 3.05) is 39.5 Å². The van der Waals surface area contributed by atoms with Gasteiger partial charge >= 0.3 is 0 Å². The van der Waals surface area contributed by atoms with Crippen LogP contribution >= 0.6 is 0 Å². The average molecular weight is 256 g/mol. The highest BCUT2D eigenvalue weighted by Crippen LogP contribution is 2.17. The van der Waals surface area contributed by atoms with E-state index in [1.807, 2.05) is 4.90 Å². The van der Waals surface area contributed by atoms with Gasteiger partial charge in [-0.2, -0.15) is 0 Å². The van der Waals surface area contributed by atoms with E-state index >= 15 is 0 Å². The third-order valence-electron chi connectivity index (χ3n) is 3.46. The fourth-order valence-electron chi connectivity index (χ4n) is 2.59. The normalized spacial score (nSPS) is 29.6. The zero-order valence-electron chi connectivity index (χ0n) is 11.4. The molecule has 2 aliphatic heterocycles. The van der Waals surface area contributed by atoms with Gasteiger partial charge in [0.25, 0.3) is 5.91 Å². The molecule has 0 aliphatic carbocycles. The first-order valence-electron chi connectivity index (χ1n) is 6.89. The van der Waals surface area contributed by atoms with Gasteiger partial charge in [0, 0.05) is 19.6 Å². The molecule has 0 aromatic rings. The van der Waals surface area contributed by atoms with Crippen LogP contribution in [0.25, 0.3) is 0 Å². The van der Waals surface area contributed by atoms with E-state index in [4.69, 9.17) is 9.47 Å². The molecule has 0 radical (unpaired) electrons. The van der Waals surface area contributed by atoms with Gasteiger partial charge in [-0.05, 0) is 12.3 Å². The summed E-state index contributed by atoms with van der Waals surface area (Å²) in [5, 5.41) is 3.21. The molecule has 2 heterocycles. The van der Waals surface area contributed by atoms with Gasteiger partial charge in [0.05, 0.1) is 25.9 Å².